The molecule has 1 aromatic carbocycles. The summed E-state index contributed by atoms with van der Waals surface area (Å²) in [5, 5.41) is 15.2. The largest absolute Gasteiger partial charge is 0.469 e. The van der Waals surface area contributed by atoms with Crippen molar-refractivity contribution >= 4 is 12.3 Å². The molecule has 0 aromatic heterocycles. The van der Waals surface area contributed by atoms with E-state index in [0.717, 1.165) is 29.8 Å². The van der Waals surface area contributed by atoms with Gasteiger partial charge >= 0.3 is 6.09 Å². The number of benzene rings is 1. The fraction of sp³-hybridized carbons (Fsp3) is 0.429. The van der Waals surface area contributed by atoms with Crippen molar-refractivity contribution in [1.82, 2.24) is 9.91 Å². The zero-order valence-electron chi connectivity index (χ0n) is 11.3. The molecular weight excluding hydrogens is 258 g/mol. The minimum Gasteiger partial charge on any atom is -0.469 e. The molecular formula is C14H17N3O3. The molecule has 0 spiro atoms. The molecule has 2 aliphatic heterocycles. The summed E-state index contributed by atoms with van der Waals surface area (Å²) in [5.41, 5.74) is 2.06. The van der Waals surface area contributed by atoms with Crippen LogP contribution in [-0.4, -0.2) is 40.1 Å². The predicted octanol–water partition coefficient (Wildman–Crippen LogP) is 2.10. The topological polar surface area (TPSA) is 65.4 Å². The number of hydrogen-bond acceptors (Lipinski definition) is 4. The van der Waals surface area contributed by atoms with Crippen molar-refractivity contribution in [3.8, 4) is 5.75 Å². The number of amides is 1. The van der Waals surface area contributed by atoms with E-state index in [1.54, 1.807) is 0 Å². The highest BCUT2D eigenvalue weighted by Gasteiger charge is 2.23. The van der Waals surface area contributed by atoms with E-state index in [1.165, 1.54) is 4.90 Å². The van der Waals surface area contributed by atoms with Gasteiger partial charge in [-0.3, -0.25) is 9.91 Å². The van der Waals surface area contributed by atoms with Gasteiger partial charge in [0.1, 0.15) is 5.75 Å². The van der Waals surface area contributed by atoms with Gasteiger partial charge in [0.15, 0.2) is 6.23 Å². The van der Waals surface area contributed by atoms with Crippen LogP contribution in [0.2, 0.25) is 0 Å². The van der Waals surface area contributed by atoms with Crippen LogP contribution < -0.4 is 4.74 Å². The van der Waals surface area contributed by atoms with Crippen LogP contribution in [0, 0.1) is 0 Å². The van der Waals surface area contributed by atoms with Crippen LogP contribution >= 0.6 is 0 Å². The number of nitrogens with zero attached hydrogens (tertiary/aromatic N) is 3. The van der Waals surface area contributed by atoms with Crippen LogP contribution in [0.25, 0.3) is 0 Å². The molecule has 2 aliphatic rings. The Hall–Kier alpha value is -2.24. The molecule has 106 valence electrons. The molecule has 20 heavy (non-hydrogen) atoms. The molecule has 1 amide bonds. The van der Waals surface area contributed by atoms with Crippen LogP contribution in [0.3, 0.4) is 0 Å². The first kappa shape index (κ1) is 12.8. The van der Waals surface area contributed by atoms with E-state index in [9.17, 15) is 4.79 Å². The molecule has 0 aliphatic carbocycles. The second-order valence-electron chi connectivity index (χ2n) is 5.04. The third kappa shape index (κ3) is 2.41. The number of ether oxygens (including phenoxy) is 1. The summed E-state index contributed by atoms with van der Waals surface area (Å²) in [4.78, 5) is 12.4. The Morgan fingerprint density at radius 2 is 2.20 bits per heavy atom. The molecule has 1 atom stereocenters. The third-order valence-electron chi connectivity index (χ3n) is 3.61. The summed E-state index contributed by atoms with van der Waals surface area (Å²) in [6, 6.07) is 5.75. The summed E-state index contributed by atoms with van der Waals surface area (Å²) < 4.78 is 5.87. The Bertz CT molecular complexity index is 559. The smallest absolute Gasteiger partial charge is 0.407 e. The van der Waals surface area contributed by atoms with E-state index < -0.39 is 6.09 Å². The predicted molar refractivity (Wildman–Crippen MR) is 73.6 cm³/mol. The molecule has 1 unspecified atom stereocenters. The van der Waals surface area contributed by atoms with Crippen molar-refractivity contribution in [2.24, 2.45) is 5.10 Å². The lowest BCUT2D eigenvalue weighted by molar-refractivity contribution is 0.0510. The monoisotopic (exact) mass is 275 g/mol. The molecule has 2 heterocycles. The molecule has 6 nitrogen and oxygen atoms in total. The van der Waals surface area contributed by atoms with Gasteiger partial charge in [0.25, 0.3) is 0 Å². The SMILES string of the molecule is CC(Oc1ccc2c(c1)CN(C(=O)O)C2)N1CCC=N1. The Kier molecular flexibility index (Phi) is 3.22. The van der Waals surface area contributed by atoms with Gasteiger partial charge in [-0.25, -0.2) is 4.79 Å². The fourth-order valence-corrected chi connectivity index (χ4v) is 2.52. The molecule has 3 rings (SSSR count). The van der Waals surface area contributed by atoms with Crippen molar-refractivity contribution in [3.05, 3.63) is 29.3 Å². The van der Waals surface area contributed by atoms with Gasteiger partial charge < -0.3 is 9.84 Å². The Morgan fingerprint density at radius 1 is 1.40 bits per heavy atom. The minimum absolute atomic E-state index is 0.122. The van der Waals surface area contributed by atoms with Gasteiger partial charge in [-0.2, -0.15) is 5.10 Å². The standard InChI is InChI=1S/C14H17N3O3/c1-10(17-6-2-5-15-17)20-13-4-3-11-8-16(14(18)19)9-12(11)7-13/h3-5,7,10H,2,6,8-9H2,1H3,(H,18,19). The molecule has 6 heteroatoms. The van der Waals surface area contributed by atoms with Gasteiger partial charge in [-0.15, -0.1) is 0 Å². The summed E-state index contributed by atoms with van der Waals surface area (Å²) in [5.74, 6) is 0.755. The first-order valence-electron chi connectivity index (χ1n) is 6.69. The Labute approximate surface area is 117 Å². The highest BCUT2D eigenvalue weighted by atomic mass is 16.5. The zero-order valence-corrected chi connectivity index (χ0v) is 11.3. The first-order chi connectivity index (χ1) is 9.63. The minimum atomic E-state index is -0.886. The van der Waals surface area contributed by atoms with E-state index in [-0.39, 0.29) is 6.23 Å². The number of carbonyl (C=O) groups is 1. The second-order valence-corrected chi connectivity index (χ2v) is 5.04. The van der Waals surface area contributed by atoms with Crippen molar-refractivity contribution < 1.29 is 14.6 Å². The Morgan fingerprint density at radius 3 is 2.90 bits per heavy atom. The number of fused-ring (bicyclic) bond motifs is 1. The lowest BCUT2D eigenvalue weighted by Crippen LogP contribution is -2.31. The summed E-state index contributed by atoms with van der Waals surface area (Å²) in [7, 11) is 0. The number of carboxylic acid groups (broad SMARTS) is 1. The zero-order chi connectivity index (χ0) is 14.1. The maximum Gasteiger partial charge on any atom is 0.407 e. The van der Waals surface area contributed by atoms with Crippen molar-refractivity contribution in [3.63, 3.8) is 0 Å². The normalized spacial score (nSPS) is 18.2. The van der Waals surface area contributed by atoms with E-state index in [0.29, 0.717) is 13.1 Å². The van der Waals surface area contributed by atoms with Gasteiger partial charge in [0.2, 0.25) is 0 Å². The Balaban J connectivity index is 1.69. The van der Waals surface area contributed by atoms with Gasteiger partial charge in [-0.05, 0) is 30.2 Å². The van der Waals surface area contributed by atoms with Crippen LogP contribution in [0.1, 0.15) is 24.5 Å². The van der Waals surface area contributed by atoms with E-state index >= 15 is 0 Å². The molecule has 1 aromatic rings. The van der Waals surface area contributed by atoms with E-state index in [1.807, 2.05) is 36.3 Å². The van der Waals surface area contributed by atoms with Crippen LogP contribution in [0.5, 0.6) is 5.75 Å². The highest BCUT2D eigenvalue weighted by Crippen LogP contribution is 2.27. The molecule has 1 N–H and O–H groups in total. The highest BCUT2D eigenvalue weighted by molar-refractivity contribution is 5.66. The third-order valence-corrected chi connectivity index (χ3v) is 3.61. The van der Waals surface area contributed by atoms with Crippen molar-refractivity contribution in [1.29, 1.82) is 0 Å². The van der Waals surface area contributed by atoms with Crippen molar-refractivity contribution in [2.45, 2.75) is 32.7 Å². The lowest BCUT2D eigenvalue weighted by Gasteiger charge is -2.23. The van der Waals surface area contributed by atoms with Crippen molar-refractivity contribution in [2.75, 3.05) is 6.54 Å². The fourth-order valence-electron chi connectivity index (χ4n) is 2.52. The number of rotatable bonds is 3. The average Bonchev–Trinajstić information content (AvgIpc) is 3.07. The van der Waals surface area contributed by atoms with E-state index in [4.69, 9.17) is 9.84 Å². The van der Waals surface area contributed by atoms with Gasteiger partial charge in [0, 0.05) is 32.3 Å². The first-order valence-corrected chi connectivity index (χ1v) is 6.69. The van der Waals surface area contributed by atoms with Gasteiger partial charge in [-0.1, -0.05) is 6.07 Å². The average molecular weight is 275 g/mol. The summed E-state index contributed by atoms with van der Waals surface area (Å²) >= 11 is 0. The summed E-state index contributed by atoms with van der Waals surface area (Å²) in [6.07, 6.45) is 1.82. The molecule has 0 radical (unpaired) electrons. The number of hydrazone groups is 1. The quantitative estimate of drug-likeness (QED) is 0.917. The van der Waals surface area contributed by atoms with Crippen LogP contribution in [0.15, 0.2) is 23.3 Å². The van der Waals surface area contributed by atoms with E-state index in [2.05, 4.69) is 5.10 Å². The molecule has 0 saturated carbocycles. The number of hydrogen-bond donors (Lipinski definition) is 1. The molecule has 0 fully saturated rings. The maximum atomic E-state index is 11.0. The molecule has 0 saturated heterocycles. The maximum absolute atomic E-state index is 11.0. The van der Waals surface area contributed by atoms with Crippen LogP contribution in [0.4, 0.5) is 4.79 Å². The molecule has 0 bridgehead atoms. The van der Waals surface area contributed by atoms with Gasteiger partial charge in [0.05, 0.1) is 0 Å². The second kappa shape index (κ2) is 5.03. The lowest BCUT2D eigenvalue weighted by atomic mass is 10.1. The summed E-state index contributed by atoms with van der Waals surface area (Å²) in [6.45, 7) is 3.72. The van der Waals surface area contributed by atoms with Crippen LogP contribution in [-0.2, 0) is 13.1 Å².